The number of halogens is 2. The van der Waals surface area contributed by atoms with E-state index in [1.807, 2.05) is 0 Å². The summed E-state index contributed by atoms with van der Waals surface area (Å²) in [6.07, 6.45) is 0.745. The van der Waals surface area contributed by atoms with E-state index in [0.717, 1.165) is 17.7 Å². The summed E-state index contributed by atoms with van der Waals surface area (Å²) in [5.41, 5.74) is 1.49. The van der Waals surface area contributed by atoms with Crippen molar-refractivity contribution < 1.29 is 9.18 Å². The lowest BCUT2D eigenvalue weighted by molar-refractivity contribution is -0.117. The van der Waals surface area contributed by atoms with Crippen LogP contribution in [-0.2, 0) is 4.79 Å². The van der Waals surface area contributed by atoms with Crippen molar-refractivity contribution in [2.24, 2.45) is 5.92 Å². The maximum Gasteiger partial charge on any atom is 0.232 e. The highest BCUT2D eigenvalue weighted by atomic mass is 79.9. The molecule has 1 heterocycles. The van der Waals surface area contributed by atoms with E-state index in [1.165, 1.54) is 12.1 Å². The zero-order valence-corrected chi connectivity index (χ0v) is 10.8. The minimum atomic E-state index is -0.309. The summed E-state index contributed by atoms with van der Waals surface area (Å²) in [5.74, 6) is -0.156. The van der Waals surface area contributed by atoms with Crippen LogP contribution in [0.2, 0.25) is 0 Å². The maximum atomic E-state index is 13.3. The van der Waals surface area contributed by atoms with Gasteiger partial charge in [0.05, 0.1) is 11.6 Å². The highest BCUT2D eigenvalue weighted by molar-refractivity contribution is 9.10. The van der Waals surface area contributed by atoms with Crippen molar-refractivity contribution in [3.63, 3.8) is 0 Å². The van der Waals surface area contributed by atoms with Gasteiger partial charge in [0.2, 0.25) is 5.91 Å². The van der Waals surface area contributed by atoms with E-state index in [2.05, 4.69) is 35.1 Å². The quantitative estimate of drug-likeness (QED) is 0.883. The lowest BCUT2D eigenvalue weighted by Crippen LogP contribution is -2.13. The lowest BCUT2D eigenvalue weighted by Gasteiger charge is -2.11. The van der Waals surface area contributed by atoms with Crippen molar-refractivity contribution >= 4 is 27.5 Å². The molecular formula is C12H13BrFNO. The molecule has 0 fully saturated rings. The topological polar surface area (TPSA) is 29.1 Å². The normalized spacial score (nSPS) is 18.8. The summed E-state index contributed by atoms with van der Waals surface area (Å²) >= 11 is 3.26. The minimum absolute atomic E-state index is 0.0324. The molecule has 1 aliphatic heterocycles. The number of benzene rings is 1. The molecule has 1 aromatic carbocycles. The van der Waals surface area contributed by atoms with Crippen LogP contribution in [0.1, 0.15) is 31.7 Å². The Bertz CT molecular complexity index is 445. The number of rotatable bonds is 2. The van der Waals surface area contributed by atoms with E-state index in [9.17, 15) is 9.18 Å². The molecule has 4 heteroatoms. The molecule has 1 N–H and O–H groups in total. The standard InChI is InChI=1S/C12H13BrFNO/c1-6(2)3-9-8-4-7(14)5-10(13)11(8)15-12(9)16/h4-6,9H,3H2,1-2H3,(H,15,16). The first-order valence-corrected chi connectivity index (χ1v) is 6.08. The fraction of sp³-hybridized carbons (Fsp3) is 0.417. The number of amides is 1. The molecule has 1 aliphatic rings. The third-order valence-electron chi connectivity index (χ3n) is 2.73. The molecule has 16 heavy (non-hydrogen) atoms. The Labute approximate surface area is 102 Å². The maximum absolute atomic E-state index is 13.3. The van der Waals surface area contributed by atoms with Gasteiger partial charge < -0.3 is 5.32 Å². The number of hydrogen-bond acceptors (Lipinski definition) is 1. The average molecular weight is 286 g/mol. The second-order valence-electron chi connectivity index (χ2n) is 4.52. The molecule has 0 radical (unpaired) electrons. The average Bonchev–Trinajstić information content (AvgIpc) is 2.45. The minimum Gasteiger partial charge on any atom is -0.324 e. The Kier molecular flexibility index (Phi) is 3.02. The first-order chi connectivity index (χ1) is 7.49. The van der Waals surface area contributed by atoms with E-state index >= 15 is 0 Å². The number of carbonyl (C=O) groups is 1. The van der Waals surface area contributed by atoms with Gasteiger partial charge in [-0.3, -0.25) is 4.79 Å². The molecular weight excluding hydrogens is 273 g/mol. The van der Waals surface area contributed by atoms with E-state index < -0.39 is 0 Å². The first kappa shape index (κ1) is 11.6. The van der Waals surface area contributed by atoms with Crippen molar-refractivity contribution in [2.75, 3.05) is 5.32 Å². The molecule has 0 aliphatic carbocycles. The Hall–Kier alpha value is -0.900. The third kappa shape index (κ3) is 1.98. The molecule has 2 nitrogen and oxygen atoms in total. The van der Waals surface area contributed by atoms with Crippen LogP contribution < -0.4 is 5.32 Å². The van der Waals surface area contributed by atoms with Crippen molar-refractivity contribution in [1.29, 1.82) is 0 Å². The van der Waals surface area contributed by atoms with Crippen LogP contribution in [0.25, 0.3) is 0 Å². The summed E-state index contributed by atoms with van der Waals surface area (Å²) in [6.45, 7) is 4.11. The first-order valence-electron chi connectivity index (χ1n) is 5.29. The summed E-state index contributed by atoms with van der Waals surface area (Å²) in [6, 6.07) is 2.82. The Morgan fingerprint density at radius 2 is 2.19 bits per heavy atom. The van der Waals surface area contributed by atoms with E-state index in [-0.39, 0.29) is 17.6 Å². The van der Waals surface area contributed by atoms with Crippen molar-refractivity contribution in [3.05, 3.63) is 28.0 Å². The van der Waals surface area contributed by atoms with Crippen LogP contribution in [0.3, 0.4) is 0 Å². The molecule has 0 saturated carbocycles. The molecule has 0 saturated heterocycles. The van der Waals surface area contributed by atoms with Crippen LogP contribution in [0.15, 0.2) is 16.6 Å². The predicted molar refractivity (Wildman–Crippen MR) is 64.9 cm³/mol. The summed E-state index contributed by atoms with van der Waals surface area (Å²) in [7, 11) is 0. The molecule has 0 bridgehead atoms. The van der Waals surface area contributed by atoms with E-state index in [1.54, 1.807) is 0 Å². The van der Waals surface area contributed by atoms with Gasteiger partial charge in [-0.25, -0.2) is 4.39 Å². The molecule has 0 spiro atoms. The van der Waals surface area contributed by atoms with Crippen molar-refractivity contribution in [1.82, 2.24) is 0 Å². The molecule has 1 unspecified atom stereocenters. The van der Waals surface area contributed by atoms with Gasteiger partial charge in [0.1, 0.15) is 5.82 Å². The Balaban J connectivity index is 2.43. The Morgan fingerprint density at radius 3 is 2.81 bits per heavy atom. The van der Waals surface area contributed by atoms with Gasteiger partial charge in [0.25, 0.3) is 0 Å². The van der Waals surface area contributed by atoms with Crippen LogP contribution in [-0.4, -0.2) is 5.91 Å². The van der Waals surface area contributed by atoms with E-state index in [4.69, 9.17) is 0 Å². The number of fused-ring (bicyclic) bond motifs is 1. The smallest absolute Gasteiger partial charge is 0.232 e. The van der Waals surface area contributed by atoms with Crippen molar-refractivity contribution in [2.45, 2.75) is 26.2 Å². The molecule has 1 atom stereocenters. The molecule has 0 aromatic heterocycles. The second kappa shape index (κ2) is 4.17. The number of hydrogen-bond donors (Lipinski definition) is 1. The highest BCUT2D eigenvalue weighted by Crippen LogP contribution is 2.41. The largest absolute Gasteiger partial charge is 0.324 e. The third-order valence-corrected chi connectivity index (χ3v) is 3.36. The lowest BCUT2D eigenvalue weighted by atomic mass is 9.91. The summed E-state index contributed by atoms with van der Waals surface area (Å²) < 4.78 is 13.9. The van der Waals surface area contributed by atoms with Crippen LogP contribution >= 0.6 is 15.9 Å². The van der Waals surface area contributed by atoms with Crippen molar-refractivity contribution in [3.8, 4) is 0 Å². The van der Waals surface area contributed by atoms with Gasteiger partial charge in [-0.2, -0.15) is 0 Å². The van der Waals surface area contributed by atoms with Crippen LogP contribution in [0.4, 0.5) is 10.1 Å². The van der Waals surface area contributed by atoms with Gasteiger partial charge in [-0.15, -0.1) is 0 Å². The molecule has 1 aromatic rings. The van der Waals surface area contributed by atoms with Gasteiger partial charge >= 0.3 is 0 Å². The van der Waals surface area contributed by atoms with Gasteiger partial charge in [-0.05, 0) is 46.0 Å². The molecule has 1 amide bonds. The zero-order chi connectivity index (χ0) is 11.9. The number of nitrogens with one attached hydrogen (secondary N) is 1. The number of anilines is 1. The number of carbonyl (C=O) groups excluding carboxylic acids is 1. The summed E-state index contributed by atoms with van der Waals surface area (Å²) in [4.78, 5) is 11.8. The van der Waals surface area contributed by atoms with Crippen LogP contribution in [0.5, 0.6) is 0 Å². The van der Waals surface area contributed by atoms with Gasteiger partial charge in [-0.1, -0.05) is 13.8 Å². The molecule has 2 rings (SSSR count). The van der Waals surface area contributed by atoms with Gasteiger partial charge in [0, 0.05) is 4.47 Å². The van der Waals surface area contributed by atoms with Crippen LogP contribution in [0, 0.1) is 11.7 Å². The summed E-state index contributed by atoms with van der Waals surface area (Å²) in [5, 5.41) is 2.80. The highest BCUT2D eigenvalue weighted by Gasteiger charge is 2.32. The Morgan fingerprint density at radius 1 is 1.50 bits per heavy atom. The monoisotopic (exact) mass is 285 g/mol. The molecule has 86 valence electrons. The van der Waals surface area contributed by atoms with Gasteiger partial charge in [0.15, 0.2) is 0 Å². The fourth-order valence-electron chi connectivity index (χ4n) is 2.06. The zero-order valence-electron chi connectivity index (χ0n) is 9.18. The predicted octanol–water partition coefficient (Wildman–Crippen LogP) is 3.67. The SMILES string of the molecule is CC(C)CC1C(=O)Nc2c(Br)cc(F)cc21. The van der Waals surface area contributed by atoms with E-state index in [0.29, 0.717) is 10.4 Å². The second-order valence-corrected chi connectivity index (χ2v) is 5.38. The fourth-order valence-corrected chi connectivity index (χ4v) is 2.60.